The van der Waals surface area contributed by atoms with Gasteiger partial charge in [0, 0.05) is 85.5 Å². The van der Waals surface area contributed by atoms with Gasteiger partial charge in [-0.15, -0.1) is 0 Å². The molecule has 2 saturated heterocycles. The van der Waals surface area contributed by atoms with Gasteiger partial charge in [0.1, 0.15) is 5.15 Å². The first-order valence-electron chi connectivity index (χ1n) is 16.7. The number of fused-ring (bicyclic) bond motifs is 2. The average Bonchev–Trinajstić information content (AvgIpc) is 3.99. The Morgan fingerprint density at radius 2 is 1.14 bits per heavy atom. The molecule has 3 N–H and O–H groups in total. The number of morpholine rings is 2. The fraction of sp³-hybridized carbons (Fsp3) is 0.216. The van der Waals surface area contributed by atoms with Crippen molar-refractivity contribution in [3.05, 3.63) is 115 Å². The minimum absolute atomic E-state index is 0.644. The predicted octanol–water partition coefficient (Wildman–Crippen LogP) is 6.87. The van der Waals surface area contributed by atoms with Crippen molar-refractivity contribution >= 4 is 57.0 Å². The first-order chi connectivity index (χ1) is 24.7. The SMILES string of the molecule is Clc1ccc(Nc2ccc(N3CCOCC3)cc2)c2nccn12.c1cn2c(-c3cn[nH]c3)ccc(Nc3ccc(N4CCOCC4)cc3)c2n1. The van der Waals surface area contributed by atoms with E-state index in [-0.39, 0.29) is 0 Å². The Balaban J connectivity index is 0.000000146. The molecule has 2 aliphatic rings. The minimum Gasteiger partial charge on any atom is -0.378 e. The molecule has 0 atom stereocenters. The van der Waals surface area contributed by atoms with Crippen molar-refractivity contribution in [2.75, 3.05) is 73.0 Å². The lowest BCUT2D eigenvalue weighted by Crippen LogP contribution is -2.36. The number of rotatable bonds is 7. The molecule has 254 valence electrons. The lowest BCUT2D eigenvalue weighted by molar-refractivity contribution is 0.122. The zero-order chi connectivity index (χ0) is 33.7. The lowest BCUT2D eigenvalue weighted by atomic mass is 10.2. The summed E-state index contributed by atoms with van der Waals surface area (Å²) >= 11 is 6.16. The van der Waals surface area contributed by atoms with Crippen LogP contribution in [0, 0.1) is 0 Å². The highest BCUT2D eigenvalue weighted by molar-refractivity contribution is 6.29. The Morgan fingerprint density at radius 1 is 0.620 bits per heavy atom. The summed E-state index contributed by atoms with van der Waals surface area (Å²) < 4.78 is 14.7. The number of hydrogen-bond donors (Lipinski definition) is 3. The molecule has 2 fully saturated rings. The Hall–Kier alpha value is -5.56. The normalized spacial score (nSPS) is 14.8. The molecule has 2 aromatic carbocycles. The van der Waals surface area contributed by atoms with Crippen molar-refractivity contribution in [2.45, 2.75) is 0 Å². The molecular formula is C37H37ClN10O2. The zero-order valence-electron chi connectivity index (χ0n) is 27.4. The first kappa shape index (κ1) is 31.7. The van der Waals surface area contributed by atoms with Crippen LogP contribution in [0.25, 0.3) is 22.6 Å². The first-order valence-corrected chi connectivity index (χ1v) is 17.0. The van der Waals surface area contributed by atoms with E-state index in [1.54, 1.807) is 6.20 Å². The maximum absolute atomic E-state index is 6.16. The van der Waals surface area contributed by atoms with Gasteiger partial charge in [0.15, 0.2) is 11.3 Å². The molecule has 0 bridgehead atoms. The number of halogens is 1. The number of aromatic nitrogens is 6. The quantitative estimate of drug-likeness (QED) is 0.154. The number of nitrogens with one attached hydrogen (secondary N) is 3. The summed E-state index contributed by atoms with van der Waals surface area (Å²) in [5, 5.41) is 14.4. The number of aromatic amines is 1. The van der Waals surface area contributed by atoms with Crippen molar-refractivity contribution in [1.29, 1.82) is 0 Å². The van der Waals surface area contributed by atoms with Gasteiger partial charge in [0.25, 0.3) is 0 Å². The smallest absolute Gasteiger partial charge is 0.161 e. The van der Waals surface area contributed by atoms with Crippen molar-refractivity contribution in [3.63, 3.8) is 0 Å². The minimum atomic E-state index is 0.644. The third kappa shape index (κ3) is 6.81. The summed E-state index contributed by atoms with van der Waals surface area (Å²) in [6.07, 6.45) is 11.1. The summed E-state index contributed by atoms with van der Waals surface area (Å²) in [5.74, 6) is 0. The summed E-state index contributed by atoms with van der Waals surface area (Å²) in [6, 6.07) is 24.9. The van der Waals surface area contributed by atoms with E-state index in [0.717, 1.165) is 97.9 Å². The van der Waals surface area contributed by atoms with E-state index < -0.39 is 0 Å². The Morgan fingerprint density at radius 3 is 1.68 bits per heavy atom. The van der Waals surface area contributed by atoms with Crippen LogP contribution in [0.3, 0.4) is 0 Å². The monoisotopic (exact) mass is 688 g/mol. The van der Waals surface area contributed by atoms with E-state index in [0.29, 0.717) is 5.15 Å². The van der Waals surface area contributed by atoms with Crippen molar-refractivity contribution < 1.29 is 9.47 Å². The number of imidazole rings is 2. The predicted molar refractivity (Wildman–Crippen MR) is 198 cm³/mol. The molecule has 7 heterocycles. The van der Waals surface area contributed by atoms with E-state index in [2.05, 4.69) is 106 Å². The van der Waals surface area contributed by atoms with Crippen LogP contribution in [0.4, 0.5) is 34.1 Å². The van der Waals surface area contributed by atoms with Crippen molar-refractivity contribution in [3.8, 4) is 11.3 Å². The molecular weight excluding hydrogens is 652 g/mol. The number of benzene rings is 2. The third-order valence-electron chi connectivity index (χ3n) is 8.89. The summed E-state index contributed by atoms with van der Waals surface area (Å²) in [4.78, 5) is 13.6. The number of hydrogen-bond acceptors (Lipinski definition) is 9. The van der Waals surface area contributed by atoms with Crippen LogP contribution in [0.5, 0.6) is 0 Å². The number of H-pyrrole nitrogens is 1. The molecule has 50 heavy (non-hydrogen) atoms. The molecule has 13 heteroatoms. The summed E-state index contributed by atoms with van der Waals surface area (Å²) in [6.45, 7) is 6.94. The standard InChI is InChI=1S/C20H20N6O.C17H17ClN4O/c1-3-17(25-9-11-27-12-10-25)4-2-16(1)24-18-5-6-19(15-13-22-23-14-15)26-8-7-21-20(18)26;18-16-6-5-15(17-19-7-8-22(16)17)20-13-1-3-14(4-2-13)21-9-11-23-12-10-21/h1-8,13-14,24H,9-12H2,(H,22,23);1-8,20H,9-12H2. The number of ether oxygens (including phenoxy) is 2. The van der Waals surface area contributed by atoms with Gasteiger partial charge >= 0.3 is 0 Å². The van der Waals surface area contributed by atoms with Gasteiger partial charge in [-0.3, -0.25) is 13.9 Å². The van der Waals surface area contributed by atoms with E-state index in [4.69, 9.17) is 21.1 Å². The fourth-order valence-electron chi connectivity index (χ4n) is 6.28. The van der Waals surface area contributed by atoms with Gasteiger partial charge in [0.2, 0.25) is 0 Å². The van der Waals surface area contributed by atoms with Crippen LogP contribution in [0.2, 0.25) is 5.15 Å². The number of nitrogens with zero attached hydrogens (tertiary/aromatic N) is 7. The van der Waals surface area contributed by atoms with Gasteiger partial charge in [-0.2, -0.15) is 5.10 Å². The van der Waals surface area contributed by atoms with Crippen LogP contribution in [0.15, 0.2) is 110 Å². The van der Waals surface area contributed by atoms with Crippen molar-refractivity contribution in [1.82, 2.24) is 29.0 Å². The summed E-state index contributed by atoms with van der Waals surface area (Å²) in [7, 11) is 0. The highest BCUT2D eigenvalue weighted by Gasteiger charge is 2.14. The van der Waals surface area contributed by atoms with Crippen LogP contribution in [-0.4, -0.2) is 81.6 Å². The second-order valence-electron chi connectivity index (χ2n) is 12.0. The van der Waals surface area contributed by atoms with Crippen LogP contribution in [-0.2, 0) is 9.47 Å². The second-order valence-corrected chi connectivity index (χ2v) is 12.4. The molecule has 5 aromatic heterocycles. The molecule has 9 rings (SSSR count). The lowest BCUT2D eigenvalue weighted by Gasteiger charge is -2.29. The maximum atomic E-state index is 6.16. The highest BCUT2D eigenvalue weighted by atomic mass is 35.5. The molecule has 0 aliphatic carbocycles. The van der Waals surface area contributed by atoms with Crippen molar-refractivity contribution in [2.24, 2.45) is 0 Å². The average molecular weight is 689 g/mol. The third-order valence-corrected chi connectivity index (χ3v) is 9.20. The largest absolute Gasteiger partial charge is 0.378 e. The topological polar surface area (TPSA) is 112 Å². The second kappa shape index (κ2) is 14.5. The van der Waals surface area contributed by atoms with Crippen LogP contribution < -0.4 is 20.4 Å². The molecule has 2 aliphatic heterocycles. The molecule has 0 spiro atoms. The summed E-state index contributed by atoms with van der Waals surface area (Å²) in [5.41, 5.74) is 10.2. The number of pyridine rings is 2. The highest BCUT2D eigenvalue weighted by Crippen LogP contribution is 2.29. The Kier molecular flexibility index (Phi) is 9.20. The van der Waals surface area contributed by atoms with Gasteiger partial charge in [-0.1, -0.05) is 11.6 Å². The molecule has 0 saturated carbocycles. The van der Waals surface area contributed by atoms with E-state index in [9.17, 15) is 0 Å². The number of anilines is 6. The van der Waals surface area contributed by atoms with Gasteiger partial charge in [-0.25, -0.2) is 9.97 Å². The Bertz CT molecular complexity index is 2150. The van der Waals surface area contributed by atoms with Gasteiger partial charge in [0.05, 0.1) is 49.7 Å². The molecule has 0 unspecified atom stereocenters. The van der Waals surface area contributed by atoms with Gasteiger partial charge in [-0.05, 0) is 72.8 Å². The maximum Gasteiger partial charge on any atom is 0.161 e. The van der Waals surface area contributed by atoms with Crippen LogP contribution in [0.1, 0.15) is 0 Å². The molecule has 0 amide bonds. The molecule has 0 radical (unpaired) electrons. The van der Waals surface area contributed by atoms with E-state index in [1.165, 1.54) is 11.4 Å². The van der Waals surface area contributed by atoms with Gasteiger partial charge < -0.3 is 29.9 Å². The Labute approximate surface area is 294 Å². The molecule has 12 nitrogen and oxygen atoms in total. The van der Waals surface area contributed by atoms with Crippen LogP contribution >= 0.6 is 11.6 Å². The van der Waals surface area contributed by atoms with E-state index >= 15 is 0 Å². The molecule has 7 aromatic rings. The fourth-order valence-corrected chi connectivity index (χ4v) is 6.48. The van der Waals surface area contributed by atoms with E-state index in [1.807, 2.05) is 47.5 Å². The zero-order valence-corrected chi connectivity index (χ0v) is 28.1.